The largest absolute Gasteiger partial charge is 0.346 e. The third kappa shape index (κ3) is 2.61. The van der Waals surface area contributed by atoms with E-state index in [-0.39, 0.29) is 0 Å². The lowest BCUT2D eigenvalue weighted by molar-refractivity contribution is 0.618. The van der Waals surface area contributed by atoms with Crippen LogP contribution in [0.4, 0.5) is 0 Å². The fraction of sp³-hybridized carbons (Fsp3) is 0.462. The summed E-state index contributed by atoms with van der Waals surface area (Å²) in [6.45, 7) is 4.25. The van der Waals surface area contributed by atoms with Gasteiger partial charge in [0.15, 0.2) is 0 Å². The minimum absolute atomic E-state index is 0.926. The van der Waals surface area contributed by atoms with Crippen LogP contribution < -0.4 is 5.32 Å². The molecule has 0 aromatic carbocycles. The predicted molar refractivity (Wildman–Crippen MR) is 67.3 cm³/mol. The third-order valence-electron chi connectivity index (χ3n) is 2.81. The Morgan fingerprint density at radius 3 is 3.19 bits per heavy atom. The Labute approximate surface area is 96.3 Å². The molecule has 0 aliphatic rings. The summed E-state index contributed by atoms with van der Waals surface area (Å²) in [5, 5.41) is 4.69. The smallest absolute Gasteiger partial charge is 0.137 e. The van der Waals surface area contributed by atoms with Crippen molar-refractivity contribution in [1.82, 2.24) is 15.3 Å². The number of H-pyrrole nitrogens is 1. The molecule has 2 rings (SSSR count). The number of hydrogen-bond acceptors (Lipinski definition) is 2. The zero-order valence-electron chi connectivity index (χ0n) is 9.79. The van der Waals surface area contributed by atoms with Crippen LogP contribution in [0.2, 0.25) is 0 Å². The first-order chi connectivity index (χ1) is 7.92. The Balaban J connectivity index is 1.89. The van der Waals surface area contributed by atoms with Gasteiger partial charge in [0.2, 0.25) is 0 Å². The second-order valence-electron chi connectivity index (χ2n) is 4.10. The molecule has 0 saturated heterocycles. The summed E-state index contributed by atoms with van der Waals surface area (Å²) in [7, 11) is 0. The van der Waals surface area contributed by atoms with E-state index in [1.165, 1.54) is 30.2 Å². The van der Waals surface area contributed by atoms with Crippen LogP contribution in [0, 0.1) is 0 Å². The molecule has 2 N–H and O–H groups in total. The lowest BCUT2D eigenvalue weighted by Crippen LogP contribution is -2.14. The third-order valence-corrected chi connectivity index (χ3v) is 2.81. The summed E-state index contributed by atoms with van der Waals surface area (Å²) in [5.41, 5.74) is 2.28. The molecular weight excluding hydrogens is 198 g/mol. The molecule has 16 heavy (non-hydrogen) atoms. The first-order valence-electron chi connectivity index (χ1n) is 6.03. The van der Waals surface area contributed by atoms with Gasteiger partial charge < -0.3 is 10.3 Å². The van der Waals surface area contributed by atoms with Gasteiger partial charge in [0, 0.05) is 24.3 Å². The molecule has 0 saturated carbocycles. The number of aromatic nitrogens is 2. The maximum atomic E-state index is 4.28. The summed E-state index contributed by atoms with van der Waals surface area (Å²) in [4.78, 5) is 7.47. The van der Waals surface area contributed by atoms with Crippen molar-refractivity contribution in [3.63, 3.8) is 0 Å². The minimum atomic E-state index is 0.926. The number of pyridine rings is 1. The van der Waals surface area contributed by atoms with Crippen molar-refractivity contribution in [1.29, 1.82) is 0 Å². The van der Waals surface area contributed by atoms with Gasteiger partial charge in [-0.05, 0) is 30.7 Å². The SMILES string of the molecule is CCCCCNCc1c[nH]c2ncccc12. The average molecular weight is 217 g/mol. The van der Waals surface area contributed by atoms with Gasteiger partial charge in [0.05, 0.1) is 0 Å². The van der Waals surface area contributed by atoms with Gasteiger partial charge >= 0.3 is 0 Å². The molecule has 0 bridgehead atoms. The highest BCUT2D eigenvalue weighted by Crippen LogP contribution is 2.14. The summed E-state index contributed by atoms with van der Waals surface area (Å²) in [6.07, 6.45) is 7.71. The predicted octanol–water partition coefficient (Wildman–Crippen LogP) is 2.84. The fourth-order valence-corrected chi connectivity index (χ4v) is 1.88. The standard InChI is InChI=1S/C13H19N3/c1-2-3-4-7-14-9-11-10-16-13-12(11)6-5-8-15-13/h5-6,8,10,14H,2-4,7,9H2,1H3,(H,15,16). The maximum Gasteiger partial charge on any atom is 0.137 e. The summed E-state index contributed by atoms with van der Waals surface area (Å²) >= 11 is 0. The van der Waals surface area contributed by atoms with Gasteiger partial charge in [0.1, 0.15) is 5.65 Å². The van der Waals surface area contributed by atoms with E-state index in [0.29, 0.717) is 0 Å². The number of unbranched alkanes of at least 4 members (excludes halogenated alkanes) is 2. The van der Waals surface area contributed by atoms with E-state index in [4.69, 9.17) is 0 Å². The molecule has 0 atom stereocenters. The highest BCUT2D eigenvalue weighted by atomic mass is 14.9. The number of nitrogens with one attached hydrogen (secondary N) is 2. The maximum absolute atomic E-state index is 4.28. The molecule has 0 fully saturated rings. The van der Waals surface area contributed by atoms with E-state index in [1.54, 1.807) is 0 Å². The molecule has 0 aliphatic heterocycles. The second-order valence-corrected chi connectivity index (χ2v) is 4.10. The monoisotopic (exact) mass is 217 g/mol. The van der Waals surface area contributed by atoms with E-state index in [9.17, 15) is 0 Å². The van der Waals surface area contributed by atoms with Crippen LogP contribution >= 0.6 is 0 Å². The molecule has 0 spiro atoms. The average Bonchev–Trinajstić information content (AvgIpc) is 2.73. The zero-order chi connectivity index (χ0) is 11.2. The normalized spacial score (nSPS) is 11.1. The lowest BCUT2D eigenvalue weighted by Gasteiger charge is -2.02. The Morgan fingerprint density at radius 1 is 1.38 bits per heavy atom. The molecule has 86 valence electrons. The van der Waals surface area contributed by atoms with Crippen LogP contribution in [-0.4, -0.2) is 16.5 Å². The Hall–Kier alpha value is -1.35. The molecule has 2 aromatic heterocycles. The number of hydrogen-bond donors (Lipinski definition) is 2. The van der Waals surface area contributed by atoms with Crippen LogP contribution in [0.5, 0.6) is 0 Å². The van der Waals surface area contributed by atoms with Crippen molar-refractivity contribution < 1.29 is 0 Å². The molecule has 3 nitrogen and oxygen atoms in total. The Morgan fingerprint density at radius 2 is 2.31 bits per heavy atom. The highest BCUT2D eigenvalue weighted by Gasteiger charge is 2.02. The van der Waals surface area contributed by atoms with Crippen molar-refractivity contribution in [2.75, 3.05) is 6.54 Å². The van der Waals surface area contributed by atoms with E-state index in [1.807, 2.05) is 18.5 Å². The van der Waals surface area contributed by atoms with E-state index < -0.39 is 0 Å². The number of fused-ring (bicyclic) bond motifs is 1. The lowest BCUT2D eigenvalue weighted by atomic mass is 10.2. The topological polar surface area (TPSA) is 40.7 Å². The molecule has 2 aromatic rings. The van der Waals surface area contributed by atoms with Crippen LogP contribution in [0.25, 0.3) is 11.0 Å². The molecule has 0 unspecified atom stereocenters. The van der Waals surface area contributed by atoms with Gasteiger partial charge in [-0.2, -0.15) is 0 Å². The molecule has 0 radical (unpaired) electrons. The number of aromatic amines is 1. The molecule has 0 amide bonds. The van der Waals surface area contributed by atoms with E-state index in [2.05, 4.69) is 28.3 Å². The Bertz CT molecular complexity index is 433. The van der Waals surface area contributed by atoms with Crippen LogP contribution in [0.1, 0.15) is 31.7 Å². The molecule has 2 heterocycles. The van der Waals surface area contributed by atoms with Crippen LogP contribution in [0.15, 0.2) is 24.5 Å². The van der Waals surface area contributed by atoms with Gasteiger partial charge in [-0.15, -0.1) is 0 Å². The van der Waals surface area contributed by atoms with E-state index in [0.717, 1.165) is 18.7 Å². The summed E-state index contributed by atoms with van der Waals surface area (Å²) in [5.74, 6) is 0. The van der Waals surface area contributed by atoms with Crippen molar-refractivity contribution in [2.24, 2.45) is 0 Å². The first kappa shape index (κ1) is 11.1. The zero-order valence-corrected chi connectivity index (χ0v) is 9.79. The number of nitrogens with zero attached hydrogens (tertiary/aromatic N) is 1. The van der Waals surface area contributed by atoms with Gasteiger partial charge in [-0.25, -0.2) is 4.98 Å². The van der Waals surface area contributed by atoms with Gasteiger partial charge in [-0.3, -0.25) is 0 Å². The number of rotatable bonds is 6. The molecular formula is C13H19N3. The van der Waals surface area contributed by atoms with Crippen molar-refractivity contribution in [3.05, 3.63) is 30.1 Å². The van der Waals surface area contributed by atoms with Gasteiger partial charge in [0.25, 0.3) is 0 Å². The second kappa shape index (κ2) is 5.66. The van der Waals surface area contributed by atoms with Crippen LogP contribution in [-0.2, 0) is 6.54 Å². The summed E-state index contributed by atoms with van der Waals surface area (Å²) < 4.78 is 0. The van der Waals surface area contributed by atoms with Crippen molar-refractivity contribution >= 4 is 11.0 Å². The molecule has 3 heteroatoms. The van der Waals surface area contributed by atoms with Crippen molar-refractivity contribution in [2.45, 2.75) is 32.7 Å². The van der Waals surface area contributed by atoms with Crippen LogP contribution in [0.3, 0.4) is 0 Å². The Kier molecular flexibility index (Phi) is 3.94. The minimum Gasteiger partial charge on any atom is -0.346 e. The van der Waals surface area contributed by atoms with E-state index >= 15 is 0 Å². The van der Waals surface area contributed by atoms with Gasteiger partial charge in [-0.1, -0.05) is 19.8 Å². The highest BCUT2D eigenvalue weighted by molar-refractivity contribution is 5.79. The fourth-order valence-electron chi connectivity index (χ4n) is 1.88. The van der Waals surface area contributed by atoms with Crippen molar-refractivity contribution in [3.8, 4) is 0 Å². The quantitative estimate of drug-likeness (QED) is 0.730. The molecule has 0 aliphatic carbocycles. The first-order valence-corrected chi connectivity index (χ1v) is 6.03. The summed E-state index contributed by atoms with van der Waals surface area (Å²) in [6, 6.07) is 4.10.